The molecule has 6 heteroatoms. The van der Waals surface area contributed by atoms with Crippen molar-refractivity contribution in [2.45, 2.75) is 32.2 Å². The molecule has 0 saturated carbocycles. The largest absolute Gasteiger partial charge is 0.450 e. The molecule has 2 amide bonds. The molecule has 1 aromatic rings. The van der Waals surface area contributed by atoms with Crippen molar-refractivity contribution in [3.63, 3.8) is 0 Å². The lowest BCUT2D eigenvalue weighted by Gasteiger charge is -2.31. The Morgan fingerprint density at radius 3 is 2.64 bits per heavy atom. The number of carbonyl (C=O) groups is 2. The van der Waals surface area contributed by atoms with E-state index >= 15 is 0 Å². The Hall–Kier alpha value is -1.75. The maximum Gasteiger partial charge on any atom is 0.409 e. The number of hydrogen-bond acceptors (Lipinski definition) is 3. The number of likely N-dealkylation sites (tertiary alicyclic amines) is 1. The van der Waals surface area contributed by atoms with Crippen molar-refractivity contribution in [3.8, 4) is 0 Å². The molecule has 1 fully saturated rings. The Morgan fingerprint density at radius 1 is 1.32 bits per heavy atom. The number of ether oxygens (including phenoxy) is 1. The second kappa shape index (κ2) is 8.03. The summed E-state index contributed by atoms with van der Waals surface area (Å²) in [5.74, 6) is -0.0392. The van der Waals surface area contributed by atoms with Crippen molar-refractivity contribution >= 4 is 23.6 Å². The number of nitrogens with zero attached hydrogens (tertiary/aromatic N) is 1. The summed E-state index contributed by atoms with van der Waals surface area (Å²) in [5, 5.41) is 3.62. The van der Waals surface area contributed by atoms with Crippen molar-refractivity contribution in [1.29, 1.82) is 0 Å². The van der Waals surface area contributed by atoms with Crippen molar-refractivity contribution in [2.75, 3.05) is 19.7 Å². The molecule has 1 aromatic carbocycles. The zero-order valence-electron chi connectivity index (χ0n) is 12.7. The number of nitrogens with one attached hydrogen (secondary N) is 1. The summed E-state index contributed by atoms with van der Waals surface area (Å²) in [7, 11) is 0. The Labute approximate surface area is 135 Å². The zero-order chi connectivity index (χ0) is 15.9. The van der Waals surface area contributed by atoms with E-state index in [0.717, 1.165) is 18.4 Å². The fourth-order valence-corrected chi connectivity index (χ4v) is 2.72. The molecule has 0 aliphatic carbocycles. The van der Waals surface area contributed by atoms with Crippen LogP contribution in [-0.4, -0.2) is 42.6 Å². The second-order valence-electron chi connectivity index (χ2n) is 5.30. The lowest BCUT2D eigenvalue weighted by Crippen LogP contribution is -2.47. The summed E-state index contributed by atoms with van der Waals surface area (Å²) < 4.78 is 4.97. The van der Waals surface area contributed by atoms with Crippen LogP contribution in [0.4, 0.5) is 4.79 Å². The number of carbonyl (C=O) groups excluding carboxylic acids is 2. The standard InChI is InChI=1S/C16H21ClN2O3/c1-2-22-16(21)19-9-7-13(8-10-19)18-15(20)11-12-5-3-4-6-14(12)17/h3-6,13H,2,7-11H2,1H3,(H,18,20). The normalized spacial score (nSPS) is 15.5. The van der Waals surface area contributed by atoms with Gasteiger partial charge in [-0.15, -0.1) is 0 Å². The Bertz CT molecular complexity index is 528. The average Bonchev–Trinajstić information content (AvgIpc) is 2.50. The van der Waals surface area contributed by atoms with E-state index in [4.69, 9.17) is 16.3 Å². The number of amides is 2. The van der Waals surface area contributed by atoms with Gasteiger partial charge < -0.3 is 15.0 Å². The lowest BCUT2D eigenvalue weighted by atomic mass is 10.0. The van der Waals surface area contributed by atoms with Gasteiger partial charge in [0.2, 0.25) is 5.91 Å². The first-order chi connectivity index (χ1) is 10.6. The second-order valence-corrected chi connectivity index (χ2v) is 5.70. The van der Waals surface area contributed by atoms with Gasteiger partial charge in [0, 0.05) is 24.2 Å². The van der Waals surface area contributed by atoms with Gasteiger partial charge in [0.1, 0.15) is 0 Å². The molecule has 120 valence electrons. The fraction of sp³-hybridized carbons (Fsp3) is 0.500. The van der Waals surface area contributed by atoms with E-state index in [1.807, 2.05) is 18.2 Å². The third-order valence-corrected chi connectivity index (χ3v) is 4.06. The smallest absolute Gasteiger partial charge is 0.409 e. The summed E-state index contributed by atoms with van der Waals surface area (Å²) in [6.07, 6.45) is 1.49. The van der Waals surface area contributed by atoms with Gasteiger partial charge in [0.15, 0.2) is 0 Å². The predicted octanol–water partition coefficient (Wildman–Crippen LogP) is 2.62. The molecular weight excluding hydrogens is 304 g/mol. The van der Waals surface area contributed by atoms with Crippen LogP contribution in [0.3, 0.4) is 0 Å². The fourth-order valence-electron chi connectivity index (χ4n) is 2.51. The minimum Gasteiger partial charge on any atom is -0.450 e. The molecule has 1 N–H and O–H groups in total. The summed E-state index contributed by atoms with van der Waals surface area (Å²) in [4.78, 5) is 25.4. The van der Waals surface area contributed by atoms with E-state index in [2.05, 4.69) is 5.32 Å². The maximum atomic E-state index is 12.1. The first-order valence-electron chi connectivity index (χ1n) is 7.54. The summed E-state index contributed by atoms with van der Waals surface area (Å²) in [6.45, 7) is 3.39. The van der Waals surface area contributed by atoms with E-state index < -0.39 is 0 Å². The van der Waals surface area contributed by atoms with Gasteiger partial charge in [0.25, 0.3) is 0 Å². The highest BCUT2D eigenvalue weighted by Crippen LogP contribution is 2.16. The highest BCUT2D eigenvalue weighted by Gasteiger charge is 2.24. The van der Waals surface area contributed by atoms with Crippen LogP contribution in [0.15, 0.2) is 24.3 Å². The number of rotatable bonds is 4. The van der Waals surface area contributed by atoms with E-state index in [1.54, 1.807) is 17.9 Å². The topological polar surface area (TPSA) is 58.6 Å². The van der Waals surface area contributed by atoms with E-state index in [-0.39, 0.29) is 24.5 Å². The minimum absolute atomic E-state index is 0.0392. The highest BCUT2D eigenvalue weighted by molar-refractivity contribution is 6.31. The SMILES string of the molecule is CCOC(=O)N1CCC(NC(=O)Cc2ccccc2Cl)CC1. The van der Waals surface area contributed by atoms with Crippen LogP contribution in [0.1, 0.15) is 25.3 Å². The number of hydrogen-bond donors (Lipinski definition) is 1. The zero-order valence-corrected chi connectivity index (χ0v) is 13.4. The van der Waals surface area contributed by atoms with Crippen molar-refractivity contribution in [3.05, 3.63) is 34.9 Å². The molecule has 1 aliphatic rings. The minimum atomic E-state index is -0.275. The third kappa shape index (κ3) is 4.63. The monoisotopic (exact) mass is 324 g/mol. The van der Waals surface area contributed by atoms with Crippen LogP contribution in [0, 0.1) is 0 Å². The van der Waals surface area contributed by atoms with Crippen LogP contribution >= 0.6 is 11.6 Å². The Morgan fingerprint density at radius 2 is 2.00 bits per heavy atom. The van der Waals surface area contributed by atoms with Crippen molar-refractivity contribution in [2.24, 2.45) is 0 Å². The molecule has 1 heterocycles. The molecule has 5 nitrogen and oxygen atoms in total. The van der Waals surface area contributed by atoms with Gasteiger partial charge >= 0.3 is 6.09 Å². The quantitative estimate of drug-likeness (QED) is 0.926. The van der Waals surface area contributed by atoms with Crippen LogP contribution < -0.4 is 5.32 Å². The van der Waals surface area contributed by atoms with Crippen LogP contribution in [-0.2, 0) is 16.0 Å². The molecule has 1 aliphatic heterocycles. The van der Waals surface area contributed by atoms with Crippen molar-refractivity contribution < 1.29 is 14.3 Å². The van der Waals surface area contributed by atoms with E-state index in [0.29, 0.717) is 24.7 Å². The molecule has 0 aromatic heterocycles. The van der Waals surface area contributed by atoms with Crippen LogP contribution in [0.2, 0.25) is 5.02 Å². The number of halogens is 1. The van der Waals surface area contributed by atoms with E-state index in [1.165, 1.54) is 0 Å². The van der Waals surface area contributed by atoms with Gasteiger partial charge in [-0.25, -0.2) is 4.79 Å². The molecular formula is C16H21ClN2O3. The first-order valence-corrected chi connectivity index (χ1v) is 7.92. The Balaban J connectivity index is 1.77. The van der Waals surface area contributed by atoms with Crippen molar-refractivity contribution in [1.82, 2.24) is 10.2 Å². The molecule has 0 unspecified atom stereocenters. The number of benzene rings is 1. The third-order valence-electron chi connectivity index (χ3n) is 3.69. The van der Waals surface area contributed by atoms with Crippen LogP contribution in [0.25, 0.3) is 0 Å². The van der Waals surface area contributed by atoms with Gasteiger partial charge in [-0.05, 0) is 31.4 Å². The summed E-state index contributed by atoms with van der Waals surface area (Å²) in [6, 6.07) is 7.44. The molecule has 1 saturated heterocycles. The molecule has 0 radical (unpaired) electrons. The van der Waals surface area contributed by atoms with Gasteiger partial charge in [-0.3, -0.25) is 4.79 Å². The molecule has 0 atom stereocenters. The van der Waals surface area contributed by atoms with E-state index in [9.17, 15) is 9.59 Å². The van der Waals surface area contributed by atoms with Gasteiger partial charge in [-0.1, -0.05) is 29.8 Å². The van der Waals surface area contributed by atoms with Gasteiger partial charge in [0.05, 0.1) is 13.0 Å². The molecule has 0 spiro atoms. The molecule has 2 rings (SSSR count). The van der Waals surface area contributed by atoms with Crippen LogP contribution in [0.5, 0.6) is 0 Å². The average molecular weight is 325 g/mol. The predicted molar refractivity (Wildman–Crippen MR) is 84.9 cm³/mol. The molecule has 0 bridgehead atoms. The summed E-state index contributed by atoms with van der Waals surface area (Å²) in [5.41, 5.74) is 0.825. The Kier molecular flexibility index (Phi) is 6.07. The van der Waals surface area contributed by atoms with Gasteiger partial charge in [-0.2, -0.15) is 0 Å². The highest BCUT2D eigenvalue weighted by atomic mass is 35.5. The lowest BCUT2D eigenvalue weighted by molar-refractivity contribution is -0.121. The summed E-state index contributed by atoms with van der Waals surface area (Å²) >= 11 is 6.06. The molecule has 22 heavy (non-hydrogen) atoms. The first kappa shape index (κ1) is 16.6. The maximum absolute atomic E-state index is 12.1. The number of piperidine rings is 1.